The van der Waals surface area contributed by atoms with Crippen LogP contribution in [-0.2, 0) is 45.4 Å². The quantitative estimate of drug-likeness (QED) is 0.102. The minimum Gasteiger partial charge on any atom is -0.871 e. The molecule has 5 rings (SSSR count). The number of rotatable bonds is 16. The van der Waals surface area contributed by atoms with Crippen molar-refractivity contribution in [3.8, 4) is 0 Å². The van der Waals surface area contributed by atoms with Crippen LogP contribution >= 0.6 is 0 Å². The van der Waals surface area contributed by atoms with Crippen LogP contribution in [-0.4, -0.2) is 77.3 Å². The van der Waals surface area contributed by atoms with E-state index in [9.17, 15) is 45.4 Å². The molecular formula is C39H46N2O12S2-2. The van der Waals surface area contributed by atoms with E-state index in [0.717, 1.165) is 0 Å². The predicted octanol–water partition coefficient (Wildman–Crippen LogP) is 4.60. The molecule has 2 heterocycles. The predicted molar refractivity (Wildman–Crippen MR) is 199 cm³/mol. The Morgan fingerprint density at radius 3 is 1.87 bits per heavy atom. The summed E-state index contributed by atoms with van der Waals surface area (Å²) in [5.41, 5.74) is 1.09. The zero-order chi connectivity index (χ0) is 40.0. The molecule has 0 spiro atoms. The van der Waals surface area contributed by atoms with Gasteiger partial charge in [-0.2, -0.15) is 4.58 Å². The Morgan fingerprint density at radius 1 is 0.782 bits per heavy atom. The number of fused-ring (bicyclic) bond motifs is 2. The van der Waals surface area contributed by atoms with E-state index < -0.39 is 64.3 Å². The number of carboxylic acids is 2. The van der Waals surface area contributed by atoms with Crippen LogP contribution in [0, 0.1) is 0 Å². The van der Waals surface area contributed by atoms with E-state index in [1.165, 1.54) is 48.6 Å². The first-order valence-corrected chi connectivity index (χ1v) is 20.4. The van der Waals surface area contributed by atoms with Gasteiger partial charge in [-0.15, -0.1) is 0 Å². The maximum absolute atomic E-state index is 13.9. The summed E-state index contributed by atoms with van der Waals surface area (Å²) in [5.74, 6) is -2.93. The highest BCUT2D eigenvalue weighted by atomic mass is 32.2. The SMILES string of the molecule is C.CC1(C)C(C=C2C(=O)C(/C=C3/N(CCCCCC(=O)O)c4ccc(S(=O)(=O)[O-])cc4C3(C)C)=C2[O-])=[N+](CCCCCC(=O)O)c2ccc(S(=O)(=O)[O-])cc21. The Balaban J connectivity index is 0.00000673. The van der Waals surface area contributed by atoms with Gasteiger partial charge in [-0.3, -0.25) is 14.4 Å². The maximum Gasteiger partial charge on any atom is 0.303 e. The minimum absolute atomic E-state index is 0. The van der Waals surface area contributed by atoms with Gasteiger partial charge in [0.1, 0.15) is 26.8 Å². The van der Waals surface area contributed by atoms with Crippen molar-refractivity contribution >= 4 is 55.0 Å². The fraction of sp³-hybridized carbons (Fsp3) is 0.436. The summed E-state index contributed by atoms with van der Waals surface area (Å²) in [6.45, 7) is 7.85. The lowest BCUT2D eigenvalue weighted by atomic mass is 9.77. The van der Waals surface area contributed by atoms with Gasteiger partial charge in [0.15, 0.2) is 11.5 Å². The first-order chi connectivity index (χ1) is 25.1. The molecule has 0 saturated heterocycles. The summed E-state index contributed by atoms with van der Waals surface area (Å²) in [6, 6.07) is 8.03. The number of unbranched alkanes of at least 4 members (excludes halogenated alkanes) is 4. The largest absolute Gasteiger partial charge is 0.871 e. The zero-order valence-electron chi connectivity index (χ0n) is 30.4. The Hall–Kier alpha value is -4.64. The molecule has 0 saturated carbocycles. The van der Waals surface area contributed by atoms with Crippen LogP contribution in [0.3, 0.4) is 0 Å². The van der Waals surface area contributed by atoms with E-state index >= 15 is 0 Å². The van der Waals surface area contributed by atoms with Crippen LogP contribution in [0.5, 0.6) is 0 Å². The van der Waals surface area contributed by atoms with Crippen molar-refractivity contribution in [2.45, 2.75) is 107 Å². The van der Waals surface area contributed by atoms with E-state index in [1.54, 1.807) is 27.7 Å². The van der Waals surface area contributed by atoms with Gasteiger partial charge in [0.05, 0.1) is 15.2 Å². The molecule has 0 fully saturated rings. The Labute approximate surface area is 321 Å². The van der Waals surface area contributed by atoms with Crippen LogP contribution in [0.4, 0.5) is 11.4 Å². The number of hydrogen-bond acceptors (Lipinski definition) is 11. The van der Waals surface area contributed by atoms with E-state index in [2.05, 4.69) is 0 Å². The number of carbonyl (C=O) groups is 3. The topological polar surface area (TPSA) is 235 Å². The van der Waals surface area contributed by atoms with Crippen LogP contribution in [0.15, 0.2) is 80.9 Å². The number of nitrogens with zero attached hydrogens (tertiary/aromatic N) is 2. The fourth-order valence-electron chi connectivity index (χ4n) is 7.44. The van der Waals surface area contributed by atoms with Crippen molar-refractivity contribution in [2.24, 2.45) is 0 Å². The summed E-state index contributed by atoms with van der Waals surface area (Å²) in [7, 11) is -9.58. The number of hydrogen-bond donors (Lipinski definition) is 2. The molecule has 2 aromatic carbocycles. The molecule has 2 aromatic rings. The number of carbonyl (C=O) groups excluding carboxylic acids is 1. The zero-order valence-corrected chi connectivity index (χ0v) is 32.0. The lowest BCUT2D eigenvalue weighted by Gasteiger charge is -2.33. The molecule has 0 unspecified atom stereocenters. The van der Waals surface area contributed by atoms with E-state index in [0.29, 0.717) is 85.5 Å². The summed E-state index contributed by atoms with van der Waals surface area (Å²) in [6.07, 6.45) is 6.02. The van der Waals surface area contributed by atoms with Gasteiger partial charge < -0.3 is 29.3 Å². The number of carboxylic acid groups (broad SMARTS) is 2. The molecule has 3 aliphatic rings. The number of ketones is 1. The number of Topliss-reactive ketones (excluding diaryl/α,β-unsaturated/α-hetero) is 1. The molecule has 16 heteroatoms. The van der Waals surface area contributed by atoms with Crippen molar-refractivity contribution < 1.29 is 60.2 Å². The first-order valence-electron chi connectivity index (χ1n) is 17.5. The summed E-state index contributed by atoms with van der Waals surface area (Å²) in [5, 5.41) is 31.9. The average Bonchev–Trinajstić information content (AvgIpc) is 3.41. The summed E-state index contributed by atoms with van der Waals surface area (Å²) >= 11 is 0. The number of benzene rings is 2. The Kier molecular flexibility index (Phi) is 12.4. The smallest absolute Gasteiger partial charge is 0.303 e. The van der Waals surface area contributed by atoms with Gasteiger partial charge in [0.2, 0.25) is 5.69 Å². The van der Waals surface area contributed by atoms with Crippen LogP contribution in [0.25, 0.3) is 0 Å². The number of anilines is 1. The second kappa shape index (κ2) is 15.8. The Morgan fingerprint density at radius 2 is 1.33 bits per heavy atom. The second-order valence-electron chi connectivity index (χ2n) is 14.8. The molecule has 0 amide bonds. The normalized spacial score (nSPS) is 18.7. The van der Waals surface area contributed by atoms with E-state index in [4.69, 9.17) is 10.2 Å². The highest BCUT2D eigenvalue weighted by Gasteiger charge is 2.46. The monoisotopic (exact) mass is 798 g/mol. The number of aliphatic carboxylic acids is 2. The number of allylic oxidation sites excluding steroid dienone is 5. The van der Waals surface area contributed by atoms with Crippen LogP contribution < -0.4 is 10.0 Å². The standard InChI is InChI=1S/C38H44N2O12S2.CH4/c1-37(2)27-19-23(53(47,48)49)13-15-29(27)39(17-9-5-7-11-33(41)42)31(37)21-25-35(45)26(36(25)46)22-32-38(3,4)28-20-24(54(50,51)52)14-16-30(28)40(32)18-10-6-8-12-34(43)44;/h13-16,19-22H,5-12,17-18H2,1-4H3,(H4-,41,42,43,44,45,46,47,48,49,50,51,52);1H4/p-2. The highest BCUT2D eigenvalue weighted by Crippen LogP contribution is 2.50. The molecule has 55 heavy (non-hydrogen) atoms. The molecule has 0 atom stereocenters. The van der Waals surface area contributed by atoms with Crippen molar-refractivity contribution in [3.05, 3.63) is 82.3 Å². The Bertz CT molecular complexity index is 2280. The van der Waals surface area contributed by atoms with Crippen molar-refractivity contribution in [3.63, 3.8) is 0 Å². The second-order valence-corrected chi connectivity index (χ2v) is 17.5. The molecule has 0 aromatic heterocycles. The van der Waals surface area contributed by atoms with Gasteiger partial charge in [0.25, 0.3) is 0 Å². The minimum atomic E-state index is -4.79. The third-order valence-corrected chi connectivity index (χ3v) is 12.1. The highest BCUT2D eigenvalue weighted by molar-refractivity contribution is 7.86. The molecule has 0 radical (unpaired) electrons. The first kappa shape index (κ1) is 43.1. The van der Waals surface area contributed by atoms with Gasteiger partial charge in [-0.1, -0.05) is 33.5 Å². The summed E-state index contributed by atoms with van der Waals surface area (Å²) in [4.78, 5) is 36.9. The van der Waals surface area contributed by atoms with Crippen molar-refractivity contribution in [1.29, 1.82) is 0 Å². The van der Waals surface area contributed by atoms with Crippen molar-refractivity contribution in [1.82, 2.24) is 0 Å². The maximum atomic E-state index is 13.9. The molecular weight excluding hydrogens is 753 g/mol. The van der Waals surface area contributed by atoms with Gasteiger partial charge in [0, 0.05) is 71.5 Å². The lowest BCUT2D eigenvalue weighted by Crippen LogP contribution is -2.35. The molecule has 1 aliphatic carbocycles. The van der Waals surface area contributed by atoms with Gasteiger partial charge in [-0.25, -0.2) is 16.8 Å². The van der Waals surface area contributed by atoms with Gasteiger partial charge >= 0.3 is 11.9 Å². The summed E-state index contributed by atoms with van der Waals surface area (Å²) < 4.78 is 73.4. The molecule has 0 bridgehead atoms. The average molecular weight is 799 g/mol. The van der Waals surface area contributed by atoms with E-state index in [1.807, 2.05) is 9.48 Å². The third-order valence-electron chi connectivity index (χ3n) is 10.4. The van der Waals surface area contributed by atoms with Crippen LogP contribution in [0.1, 0.15) is 97.6 Å². The molecule has 298 valence electrons. The molecule has 14 nitrogen and oxygen atoms in total. The molecule has 2 aliphatic heterocycles. The molecule has 2 N–H and O–H groups in total. The fourth-order valence-corrected chi connectivity index (χ4v) is 8.43. The van der Waals surface area contributed by atoms with Gasteiger partial charge in [-0.05, 0) is 81.5 Å². The lowest BCUT2D eigenvalue weighted by molar-refractivity contribution is -0.438. The van der Waals surface area contributed by atoms with E-state index in [-0.39, 0.29) is 31.4 Å². The van der Waals surface area contributed by atoms with Crippen molar-refractivity contribution in [2.75, 3.05) is 18.0 Å². The third kappa shape index (κ3) is 8.62. The van der Waals surface area contributed by atoms with Crippen LogP contribution in [0.2, 0.25) is 0 Å².